The molecule has 0 bridgehead atoms. The minimum absolute atomic E-state index is 0.0472. The molecule has 4 nitrogen and oxygen atoms in total. The molecule has 23 heavy (non-hydrogen) atoms. The molecule has 1 aromatic heterocycles. The molecule has 0 radical (unpaired) electrons. The lowest BCUT2D eigenvalue weighted by atomic mass is 9.96. The van der Waals surface area contributed by atoms with Gasteiger partial charge in [0.2, 0.25) is 5.91 Å². The first-order valence-electron chi connectivity index (χ1n) is 7.97. The number of carbonyl (C=O) groups excluding carboxylic acids is 1. The van der Waals surface area contributed by atoms with E-state index in [0.29, 0.717) is 6.54 Å². The van der Waals surface area contributed by atoms with Crippen LogP contribution < -0.4 is 5.32 Å². The number of piperidine rings is 1. The number of halogens is 1. The zero-order valence-electron chi connectivity index (χ0n) is 13.0. The van der Waals surface area contributed by atoms with Gasteiger partial charge in [0.05, 0.1) is 18.7 Å². The molecule has 0 unspecified atom stereocenters. The third-order valence-electron chi connectivity index (χ3n) is 4.21. The normalized spacial score (nSPS) is 18.7. The van der Waals surface area contributed by atoms with Gasteiger partial charge in [0.1, 0.15) is 5.76 Å². The fraction of sp³-hybridized carbons (Fsp3) is 0.389. The highest BCUT2D eigenvalue weighted by Crippen LogP contribution is 2.20. The van der Waals surface area contributed by atoms with E-state index in [9.17, 15) is 4.79 Å². The lowest BCUT2D eigenvalue weighted by Gasteiger charge is -2.32. The number of nitrogens with one attached hydrogen (secondary N) is 1. The van der Waals surface area contributed by atoms with Crippen molar-refractivity contribution in [3.8, 4) is 0 Å². The Bertz CT molecular complexity index is 625. The molecule has 1 N–H and O–H groups in total. The van der Waals surface area contributed by atoms with Crippen LogP contribution in [0.4, 0.5) is 0 Å². The Kier molecular flexibility index (Phi) is 5.36. The van der Waals surface area contributed by atoms with Gasteiger partial charge in [-0.2, -0.15) is 0 Å². The number of hydrogen-bond acceptors (Lipinski definition) is 3. The highest BCUT2D eigenvalue weighted by Gasteiger charge is 2.25. The molecule has 2 aromatic rings. The molecule has 0 saturated carbocycles. The van der Waals surface area contributed by atoms with Crippen LogP contribution in [-0.2, 0) is 17.9 Å². The maximum Gasteiger partial charge on any atom is 0.224 e. The molecule has 1 fully saturated rings. The van der Waals surface area contributed by atoms with Crippen molar-refractivity contribution in [1.82, 2.24) is 10.2 Å². The summed E-state index contributed by atoms with van der Waals surface area (Å²) in [5.74, 6) is 0.945. The monoisotopic (exact) mass is 332 g/mol. The molecule has 1 amide bonds. The Morgan fingerprint density at radius 1 is 1.30 bits per heavy atom. The maximum absolute atomic E-state index is 12.3. The Labute approximate surface area is 141 Å². The van der Waals surface area contributed by atoms with E-state index in [1.54, 1.807) is 6.26 Å². The number of furan rings is 1. The predicted molar refractivity (Wildman–Crippen MR) is 90.0 cm³/mol. The summed E-state index contributed by atoms with van der Waals surface area (Å²) in [4.78, 5) is 14.7. The molecular weight excluding hydrogens is 312 g/mol. The summed E-state index contributed by atoms with van der Waals surface area (Å²) in [6.07, 6.45) is 3.61. The standard InChI is InChI=1S/C18H21ClN2O2/c19-16-7-5-14(6-8-16)12-21-9-1-3-15(13-21)18(22)20-11-17-4-2-10-23-17/h2,4-8,10,15H,1,3,9,11-13H2,(H,20,22)/t15-/m1/s1. The van der Waals surface area contributed by atoms with Crippen LogP contribution in [0, 0.1) is 5.92 Å². The Morgan fingerprint density at radius 3 is 2.87 bits per heavy atom. The maximum atomic E-state index is 12.3. The van der Waals surface area contributed by atoms with Crippen molar-refractivity contribution in [3.05, 3.63) is 59.0 Å². The second-order valence-corrected chi connectivity index (χ2v) is 6.43. The molecule has 5 heteroatoms. The fourth-order valence-electron chi connectivity index (χ4n) is 2.99. The van der Waals surface area contributed by atoms with Gasteiger partial charge in [-0.15, -0.1) is 0 Å². The Hall–Kier alpha value is -1.78. The molecule has 2 heterocycles. The van der Waals surface area contributed by atoms with E-state index >= 15 is 0 Å². The van der Waals surface area contributed by atoms with Gasteiger partial charge in [-0.3, -0.25) is 9.69 Å². The molecule has 1 saturated heterocycles. The molecule has 1 aliphatic rings. The third kappa shape index (κ3) is 4.60. The molecule has 1 aliphatic heterocycles. The van der Waals surface area contributed by atoms with Crippen molar-refractivity contribution >= 4 is 17.5 Å². The van der Waals surface area contributed by atoms with E-state index < -0.39 is 0 Å². The first-order valence-corrected chi connectivity index (χ1v) is 8.35. The number of likely N-dealkylation sites (tertiary alicyclic amines) is 1. The second kappa shape index (κ2) is 7.66. The molecular formula is C18H21ClN2O2. The van der Waals surface area contributed by atoms with Crippen LogP contribution in [0.2, 0.25) is 5.02 Å². The summed E-state index contributed by atoms with van der Waals surface area (Å²) in [6.45, 7) is 3.15. The largest absolute Gasteiger partial charge is 0.467 e. The van der Waals surface area contributed by atoms with Crippen LogP contribution in [0.25, 0.3) is 0 Å². The van der Waals surface area contributed by atoms with Crippen LogP contribution in [0.15, 0.2) is 47.1 Å². The number of benzene rings is 1. The van der Waals surface area contributed by atoms with Crippen molar-refractivity contribution in [2.45, 2.75) is 25.9 Å². The van der Waals surface area contributed by atoms with Crippen molar-refractivity contribution in [3.63, 3.8) is 0 Å². The van der Waals surface area contributed by atoms with Crippen molar-refractivity contribution in [2.24, 2.45) is 5.92 Å². The Morgan fingerprint density at radius 2 is 2.13 bits per heavy atom. The summed E-state index contributed by atoms with van der Waals surface area (Å²) in [7, 11) is 0. The third-order valence-corrected chi connectivity index (χ3v) is 4.46. The number of hydrogen-bond donors (Lipinski definition) is 1. The minimum Gasteiger partial charge on any atom is -0.467 e. The average Bonchev–Trinajstić information content (AvgIpc) is 3.08. The van der Waals surface area contributed by atoms with Gasteiger partial charge in [-0.25, -0.2) is 0 Å². The van der Waals surface area contributed by atoms with E-state index in [1.165, 1.54) is 5.56 Å². The molecule has 0 spiro atoms. The van der Waals surface area contributed by atoms with Gasteiger partial charge in [0.25, 0.3) is 0 Å². The minimum atomic E-state index is 0.0472. The van der Waals surface area contributed by atoms with E-state index in [1.807, 2.05) is 36.4 Å². The molecule has 0 aliphatic carbocycles. The van der Waals surface area contributed by atoms with Gasteiger partial charge in [-0.05, 0) is 49.2 Å². The van der Waals surface area contributed by atoms with Crippen LogP contribution in [-0.4, -0.2) is 23.9 Å². The SMILES string of the molecule is O=C(NCc1ccco1)[C@@H]1CCCN(Cc2ccc(Cl)cc2)C1. The predicted octanol–water partition coefficient (Wildman–Crippen LogP) is 3.46. The van der Waals surface area contributed by atoms with Gasteiger partial charge < -0.3 is 9.73 Å². The summed E-state index contributed by atoms with van der Waals surface area (Å²) >= 11 is 5.92. The number of rotatable bonds is 5. The van der Waals surface area contributed by atoms with Gasteiger partial charge in [0, 0.05) is 18.1 Å². The highest BCUT2D eigenvalue weighted by atomic mass is 35.5. The first-order chi connectivity index (χ1) is 11.2. The number of nitrogens with zero attached hydrogens (tertiary/aromatic N) is 1. The highest BCUT2D eigenvalue weighted by molar-refractivity contribution is 6.30. The van der Waals surface area contributed by atoms with E-state index in [-0.39, 0.29) is 11.8 Å². The fourth-order valence-corrected chi connectivity index (χ4v) is 3.12. The van der Waals surface area contributed by atoms with Crippen LogP contribution in [0.3, 0.4) is 0 Å². The van der Waals surface area contributed by atoms with Gasteiger partial charge >= 0.3 is 0 Å². The topological polar surface area (TPSA) is 45.5 Å². The van der Waals surface area contributed by atoms with E-state index in [2.05, 4.69) is 10.2 Å². The number of amides is 1. The summed E-state index contributed by atoms with van der Waals surface area (Å²) in [5, 5.41) is 3.72. The zero-order chi connectivity index (χ0) is 16.1. The van der Waals surface area contributed by atoms with Crippen LogP contribution in [0.1, 0.15) is 24.2 Å². The quantitative estimate of drug-likeness (QED) is 0.912. The lowest BCUT2D eigenvalue weighted by molar-refractivity contribution is -0.127. The van der Waals surface area contributed by atoms with Crippen LogP contribution in [0.5, 0.6) is 0 Å². The summed E-state index contributed by atoms with van der Waals surface area (Å²) in [6, 6.07) is 11.6. The molecule has 1 atom stereocenters. The van der Waals surface area contributed by atoms with Crippen molar-refractivity contribution in [1.29, 1.82) is 0 Å². The van der Waals surface area contributed by atoms with Gasteiger partial charge in [0.15, 0.2) is 0 Å². The van der Waals surface area contributed by atoms with Crippen molar-refractivity contribution < 1.29 is 9.21 Å². The smallest absolute Gasteiger partial charge is 0.224 e. The zero-order valence-corrected chi connectivity index (χ0v) is 13.8. The van der Waals surface area contributed by atoms with Crippen LogP contribution >= 0.6 is 11.6 Å². The van der Waals surface area contributed by atoms with E-state index in [0.717, 1.165) is 43.3 Å². The Balaban J connectivity index is 1.51. The molecule has 122 valence electrons. The van der Waals surface area contributed by atoms with Crippen molar-refractivity contribution in [2.75, 3.05) is 13.1 Å². The van der Waals surface area contributed by atoms with Gasteiger partial charge in [-0.1, -0.05) is 23.7 Å². The summed E-state index contributed by atoms with van der Waals surface area (Å²) in [5.41, 5.74) is 1.23. The summed E-state index contributed by atoms with van der Waals surface area (Å²) < 4.78 is 5.25. The molecule has 3 rings (SSSR count). The average molecular weight is 333 g/mol. The molecule has 1 aromatic carbocycles. The second-order valence-electron chi connectivity index (χ2n) is 6.00. The van der Waals surface area contributed by atoms with E-state index in [4.69, 9.17) is 16.0 Å². The first kappa shape index (κ1) is 16.1. The number of carbonyl (C=O) groups is 1. The lowest BCUT2D eigenvalue weighted by Crippen LogP contribution is -2.42.